The van der Waals surface area contributed by atoms with Crippen molar-refractivity contribution in [1.82, 2.24) is 10.2 Å². The second-order valence-corrected chi connectivity index (χ2v) is 5.07. The molecule has 2 aliphatic heterocycles. The van der Waals surface area contributed by atoms with Gasteiger partial charge in [-0.3, -0.25) is 0 Å². The molecular formula is C14H18N2O. The Balaban J connectivity index is 1.82. The van der Waals surface area contributed by atoms with Crippen molar-refractivity contribution in [2.24, 2.45) is 0 Å². The molecule has 0 amide bonds. The van der Waals surface area contributed by atoms with E-state index in [1.807, 2.05) is 25.2 Å². The summed E-state index contributed by atoms with van der Waals surface area (Å²) in [7, 11) is 0. The van der Waals surface area contributed by atoms with Crippen LogP contribution < -0.4 is 5.32 Å². The molecule has 17 heavy (non-hydrogen) atoms. The molecule has 0 spiro atoms. The van der Waals surface area contributed by atoms with Crippen LogP contribution in [0.5, 0.6) is 0 Å². The number of nitrogens with one attached hydrogen (secondary N) is 1. The van der Waals surface area contributed by atoms with Crippen LogP contribution in [0.15, 0.2) is 41.3 Å². The van der Waals surface area contributed by atoms with Crippen LogP contribution in [0.3, 0.4) is 0 Å². The summed E-state index contributed by atoms with van der Waals surface area (Å²) >= 11 is 0. The van der Waals surface area contributed by atoms with Gasteiger partial charge >= 0.3 is 0 Å². The molecule has 3 nitrogen and oxygen atoms in total. The summed E-state index contributed by atoms with van der Waals surface area (Å²) < 4.78 is 0. The van der Waals surface area contributed by atoms with E-state index in [-0.39, 0.29) is 6.04 Å². The van der Waals surface area contributed by atoms with Gasteiger partial charge in [0.05, 0.1) is 6.04 Å². The lowest BCUT2D eigenvalue weighted by Gasteiger charge is -2.50. The summed E-state index contributed by atoms with van der Waals surface area (Å²) in [5, 5.41) is 14.1. The fraction of sp³-hybridized carbons (Fsp3) is 0.500. The van der Waals surface area contributed by atoms with Crippen LogP contribution in [0.4, 0.5) is 0 Å². The number of hydrogen-bond donors (Lipinski definition) is 2. The second kappa shape index (κ2) is 3.88. The molecule has 2 saturated heterocycles. The maximum absolute atomic E-state index is 10.7. The quantitative estimate of drug-likeness (QED) is 0.702. The Morgan fingerprint density at radius 2 is 2.29 bits per heavy atom. The van der Waals surface area contributed by atoms with Gasteiger partial charge in [0.15, 0.2) is 5.72 Å². The van der Waals surface area contributed by atoms with Crippen molar-refractivity contribution in [3.8, 4) is 0 Å². The number of hydrogen-bond acceptors (Lipinski definition) is 3. The van der Waals surface area contributed by atoms with Gasteiger partial charge < -0.3 is 15.3 Å². The fourth-order valence-electron chi connectivity index (χ4n) is 2.83. The molecule has 2 N–H and O–H groups in total. The van der Waals surface area contributed by atoms with Gasteiger partial charge in [-0.25, -0.2) is 0 Å². The second-order valence-electron chi connectivity index (χ2n) is 5.07. The van der Waals surface area contributed by atoms with Gasteiger partial charge in [-0.1, -0.05) is 0 Å². The van der Waals surface area contributed by atoms with Crippen molar-refractivity contribution in [2.45, 2.75) is 31.5 Å². The van der Waals surface area contributed by atoms with Crippen LogP contribution in [0.25, 0.3) is 0 Å². The normalized spacial score (nSPS) is 30.0. The average molecular weight is 230 g/mol. The topological polar surface area (TPSA) is 35.5 Å². The minimum absolute atomic E-state index is 0.171. The van der Waals surface area contributed by atoms with Crippen LogP contribution >= 0.6 is 0 Å². The first-order valence-corrected chi connectivity index (χ1v) is 6.25. The Kier molecular flexibility index (Phi) is 2.48. The van der Waals surface area contributed by atoms with Crippen molar-refractivity contribution in [2.75, 3.05) is 13.1 Å². The highest BCUT2D eigenvalue weighted by Gasteiger charge is 2.45. The first kappa shape index (κ1) is 10.8. The molecule has 0 radical (unpaired) electrons. The Morgan fingerprint density at radius 3 is 3.06 bits per heavy atom. The summed E-state index contributed by atoms with van der Waals surface area (Å²) in [4.78, 5) is 2.08. The standard InChI is InChI=1S/C14H18N2O/c1-14(17,13-8-5-9-15-13)16-10-11-6-3-2-4-7-12(11)16/h3-4,6-7,13,15,17H,5,8-10H2,1H3. The molecule has 2 fully saturated rings. The lowest BCUT2D eigenvalue weighted by atomic mass is 9.92. The Hall–Kier alpha value is -1.28. The van der Waals surface area contributed by atoms with E-state index in [4.69, 9.17) is 0 Å². The third-order valence-corrected chi connectivity index (χ3v) is 3.93. The highest BCUT2D eigenvalue weighted by molar-refractivity contribution is 5.46. The summed E-state index contributed by atoms with van der Waals surface area (Å²) in [6.07, 6.45) is 10.1. The maximum atomic E-state index is 10.7. The molecule has 3 heteroatoms. The average Bonchev–Trinajstić information content (AvgIpc) is 2.74. The first-order chi connectivity index (χ1) is 8.19. The van der Waals surface area contributed by atoms with E-state index in [1.165, 1.54) is 5.57 Å². The molecule has 2 heterocycles. The minimum atomic E-state index is -0.794. The number of likely N-dealkylation sites (tertiary alicyclic amines) is 1. The van der Waals surface area contributed by atoms with Crippen LogP contribution in [0.1, 0.15) is 19.8 Å². The van der Waals surface area contributed by atoms with Crippen molar-refractivity contribution >= 4 is 0 Å². The molecule has 0 aromatic heterocycles. The maximum Gasteiger partial charge on any atom is 0.150 e. The molecule has 1 aliphatic carbocycles. The van der Waals surface area contributed by atoms with E-state index in [0.29, 0.717) is 0 Å². The van der Waals surface area contributed by atoms with Crippen LogP contribution in [0.2, 0.25) is 0 Å². The van der Waals surface area contributed by atoms with Gasteiger partial charge in [0, 0.05) is 12.2 Å². The van der Waals surface area contributed by atoms with E-state index < -0.39 is 5.72 Å². The lowest BCUT2D eigenvalue weighted by Crippen LogP contribution is -2.61. The highest BCUT2D eigenvalue weighted by atomic mass is 16.3. The number of allylic oxidation sites excluding steroid dienone is 3. The Labute approximate surface area is 102 Å². The first-order valence-electron chi connectivity index (χ1n) is 6.25. The van der Waals surface area contributed by atoms with Gasteiger partial charge in [-0.15, -0.1) is 5.73 Å². The minimum Gasteiger partial charge on any atom is -0.369 e. The number of fused-ring (bicyclic) bond motifs is 1. The Morgan fingerprint density at radius 1 is 1.47 bits per heavy atom. The molecule has 2 unspecified atom stereocenters. The molecule has 0 saturated carbocycles. The van der Waals surface area contributed by atoms with Crippen molar-refractivity contribution in [3.05, 3.63) is 41.3 Å². The van der Waals surface area contributed by atoms with Crippen LogP contribution in [0, 0.1) is 0 Å². The molecular weight excluding hydrogens is 212 g/mol. The van der Waals surface area contributed by atoms with Crippen molar-refractivity contribution in [3.63, 3.8) is 0 Å². The molecule has 0 aromatic carbocycles. The third kappa shape index (κ3) is 1.67. The molecule has 0 aromatic rings. The summed E-state index contributed by atoms with van der Waals surface area (Å²) in [6, 6.07) is 0.171. The highest BCUT2D eigenvalue weighted by Crippen LogP contribution is 2.38. The van der Waals surface area contributed by atoms with E-state index >= 15 is 0 Å². The number of rotatable bonds is 2. The molecule has 3 aliphatic rings. The summed E-state index contributed by atoms with van der Waals surface area (Å²) in [6.45, 7) is 3.75. The van der Waals surface area contributed by atoms with Gasteiger partial charge in [-0.05, 0) is 56.2 Å². The summed E-state index contributed by atoms with van der Waals surface area (Å²) in [5.74, 6) is 0. The largest absolute Gasteiger partial charge is 0.369 e. The van der Waals surface area contributed by atoms with E-state index in [0.717, 1.165) is 31.6 Å². The summed E-state index contributed by atoms with van der Waals surface area (Å²) in [5.41, 5.74) is 4.68. The van der Waals surface area contributed by atoms with Crippen molar-refractivity contribution in [1.29, 1.82) is 0 Å². The SMILES string of the molecule is CC(O)(C1CCCN1)N1CC2=CC=C=CC=C21. The smallest absolute Gasteiger partial charge is 0.150 e. The predicted molar refractivity (Wildman–Crippen MR) is 67.2 cm³/mol. The fourth-order valence-corrected chi connectivity index (χ4v) is 2.83. The molecule has 90 valence electrons. The van der Waals surface area contributed by atoms with Crippen molar-refractivity contribution < 1.29 is 5.11 Å². The monoisotopic (exact) mass is 230 g/mol. The lowest BCUT2D eigenvalue weighted by molar-refractivity contribution is -0.106. The number of aliphatic hydroxyl groups is 1. The third-order valence-electron chi connectivity index (χ3n) is 3.93. The van der Waals surface area contributed by atoms with Gasteiger partial charge in [0.25, 0.3) is 0 Å². The van der Waals surface area contributed by atoms with E-state index in [1.54, 1.807) is 0 Å². The molecule has 2 atom stereocenters. The number of nitrogens with zero attached hydrogens (tertiary/aromatic N) is 1. The van der Waals surface area contributed by atoms with Gasteiger partial charge in [0.1, 0.15) is 0 Å². The van der Waals surface area contributed by atoms with E-state index in [9.17, 15) is 5.11 Å². The zero-order valence-corrected chi connectivity index (χ0v) is 10.1. The zero-order chi connectivity index (χ0) is 11.9. The Bertz CT molecular complexity index is 447. The van der Waals surface area contributed by atoms with Gasteiger partial charge in [-0.2, -0.15) is 0 Å². The zero-order valence-electron chi connectivity index (χ0n) is 10.1. The molecule has 3 rings (SSSR count). The van der Waals surface area contributed by atoms with Crippen LogP contribution in [-0.4, -0.2) is 34.9 Å². The van der Waals surface area contributed by atoms with E-state index in [2.05, 4.69) is 22.0 Å². The van der Waals surface area contributed by atoms with Gasteiger partial charge in [0.2, 0.25) is 0 Å². The van der Waals surface area contributed by atoms with Crippen LogP contribution in [-0.2, 0) is 0 Å². The predicted octanol–water partition coefficient (Wildman–Crippen LogP) is 1.30. The molecule has 0 bridgehead atoms.